The number of thiophene rings is 1. The second-order valence-corrected chi connectivity index (χ2v) is 8.41. The molecule has 168 valence electrons. The maximum atomic E-state index is 12.6. The van der Waals surface area contributed by atoms with Gasteiger partial charge in [0.15, 0.2) is 0 Å². The Kier molecular flexibility index (Phi) is 9.52. The molecule has 1 aromatic carbocycles. The quantitative estimate of drug-likeness (QED) is 0.411. The molecule has 0 saturated heterocycles. The minimum Gasteiger partial charge on any atom is -0.496 e. The van der Waals surface area contributed by atoms with Crippen LogP contribution in [-0.2, 0) is 16.0 Å². The van der Waals surface area contributed by atoms with E-state index in [1.807, 2.05) is 49.6 Å². The topological polar surface area (TPSA) is 83.0 Å². The standard InChI is InChI=1S/C23H32N4O3S/c1-6-27(7-2)18-11-10-17(20(13-18)30-5)15-24-26-23(29)22(16(3)4)25-21(28)14-19-9-8-12-31-19/h8-13,15-16,22H,6-7,14H2,1-5H3,(H,25,28)(H,26,29). The highest BCUT2D eigenvalue weighted by Crippen LogP contribution is 2.24. The zero-order valence-electron chi connectivity index (χ0n) is 18.8. The largest absolute Gasteiger partial charge is 0.496 e. The highest BCUT2D eigenvalue weighted by molar-refractivity contribution is 7.10. The predicted octanol–water partition coefficient (Wildman–Crippen LogP) is 3.44. The number of hydrazone groups is 1. The van der Waals surface area contributed by atoms with Crippen LogP contribution in [0.15, 0.2) is 40.8 Å². The van der Waals surface area contributed by atoms with Crippen LogP contribution in [0, 0.1) is 5.92 Å². The van der Waals surface area contributed by atoms with Gasteiger partial charge in [0.2, 0.25) is 5.91 Å². The number of nitrogens with one attached hydrogen (secondary N) is 2. The number of nitrogens with zero attached hydrogens (tertiary/aromatic N) is 2. The van der Waals surface area contributed by atoms with E-state index in [0.717, 1.165) is 29.2 Å². The van der Waals surface area contributed by atoms with Crippen LogP contribution in [0.4, 0.5) is 5.69 Å². The highest BCUT2D eigenvalue weighted by atomic mass is 32.1. The van der Waals surface area contributed by atoms with Crippen molar-refractivity contribution in [2.45, 2.75) is 40.2 Å². The van der Waals surface area contributed by atoms with Crippen molar-refractivity contribution in [1.82, 2.24) is 10.7 Å². The van der Waals surface area contributed by atoms with E-state index in [9.17, 15) is 9.59 Å². The van der Waals surface area contributed by atoms with Gasteiger partial charge >= 0.3 is 0 Å². The van der Waals surface area contributed by atoms with Crippen molar-refractivity contribution < 1.29 is 14.3 Å². The van der Waals surface area contributed by atoms with Crippen molar-refractivity contribution in [2.24, 2.45) is 11.0 Å². The number of carbonyl (C=O) groups excluding carboxylic acids is 2. The second-order valence-electron chi connectivity index (χ2n) is 7.38. The number of carbonyl (C=O) groups is 2. The summed E-state index contributed by atoms with van der Waals surface area (Å²) in [4.78, 5) is 28.1. The lowest BCUT2D eigenvalue weighted by Crippen LogP contribution is -2.49. The normalized spacial score (nSPS) is 12.1. The Hall–Kier alpha value is -2.87. The summed E-state index contributed by atoms with van der Waals surface area (Å²) in [5, 5.41) is 8.82. The Labute approximate surface area is 188 Å². The summed E-state index contributed by atoms with van der Waals surface area (Å²) in [6.07, 6.45) is 1.81. The first kappa shape index (κ1) is 24.4. The van der Waals surface area contributed by atoms with E-state index in [2.05, 4.69) is 34.6 Å². The number of benzene rings is 1. The van der Waals surface area contributed by atoms with Gasteiger partial charge in [0.1, 0.15) is 11.8 Å². The number of rotatable bonds is 11. The monoisotopic (exact) mass is 444 g/mol. The lowest BCUT2D eigenvalue weighted by molar-refractivity contribution is -0.129. The van der Waals surface area contributed by atoms with Crippen molar-refractivity contribution in [3.8, 4) is 5.75 Å². The Balaban J connectivity index is 2.02. The minimum atomic E-state index is -0.670. The average Bonchev–Trinajstić information content (AvgIpc) is 3.26. The van der Waals surface area contributed by atoms with Crippen molar-refractivity contribution in [3.05, 3.63) is 46.2 Å². The lowest BCUT2D eigenvalue weighted by atomic mass is 10.0. The smallest absolute Gasteiger partial charge is 0.262 e. The molecule has 2 amide bonds. The molecule has 8 heteroatoms. The van der Waals surface area contributed by atoms with E-state index in [1.54, 1.807) is 13.3 Å². The molecule has 7 nitrogen and oxygen atoms in total. The van der Waals surface area contributed by atoms with Gasteiger partial charge in [-0.1, -0.05) is 19.9 Å². The molecule has 1 aromatic heterocycles. The van der Waals surface area contributed by atoms with Gasteiger partial charge in [-0.2, -0.15) is 5.10 Å². The first-order valence-corrected chi connectivity index (χ1v) is 11.3. The molecule has 1 atom stereocenters. The maximum Gasteiger partial charge on any atom is 0.262 e. The van der Waals surface area contributed by atoms with Crippen LogP contribution >= 0.6 is 11.3 Å². The zero-order chi connectivity index (χ0) is 22.8. The molecular formula is C23H32N4O3S. The Morgan fingerprint density at radius 2 is 1.97 bits per heavy atom. The third-order valence-corrected chi connectivity index (χ3v) is 5.78. The van der Waals surface area contributed by atoms with E-state index in [1.165, 1.54) is 11.3 Å². The van der Waals surface area contributed by atoms with Crippen LogP contribution in [0.5, 0.6) is 5.75 Å². The van der Waals surface area contributed by atoms with E-state index >= 15 is 0 Å². The molecule has 1 heterocycles. The molecular weight excluding hydrogens is 412 g/mol. The number of hydrogen-bond acceptors (Lipinski definition) is 6. The molecule has 1 unspecified atom stereocenters. The van der Waals surface area contributed by atoms with Gasteiger partial charge in [-0.3, -0.25) is 9.59 Å². The zero-order valence-corrected chi connectivity index (χ0v) is 19.7. The Morgan fingerprint density at radius 1 is 1.23 bits per heavy atom. The summed E-state index contributed by atoms with van der Waals surface area (Å²) in [6.45, 7) is 9.77. The number of hydrogen-bond donors (Lipinski definition) is 2. The lowest BCUT2D eigenvalue weighted by Gasteiger charge is -2.22. The summed E-state index contributed by atoms with van der Waals surface area (Å²) in [6, 6.07) is 9.00. The summed E-state index contributed by atoms with van der Waals surface area (Å²) < 4.78 is 5.48. The fraction of sp³-hybridized carbons (Fsp3) is 0.435. The summed E-state index contributed by atoms with van der Waals surface area (Å²) >= 11 is 1.52. The van der Waals surface area contributed by atoms with Crippen LogP contribution in [0.25, 0.3) is 0 Å². The molecule has 0 radical (unpaired) electrons. The van der Waals surface area contributed by atoms with E-state index in [0.29, 0.717) is 5.75 Å². The molecule has 0 bridgehead atoms. The minimum absolute atomic E-state index is 0.0784. The fourth-order valence-corrected chi connectivity index (χ4v) is 3.86. The number of amides is 2. The molecule has 0 aliphatic carbocycles. The molecule has 0 aliphatic rings. The SMILES string of the molecule is CCN(CC)c1ccc(C=NNC(=O)C(NC(=O)Cc2cccs2)C(C)C)c(OC)c1. The molecule has 2 rings (SSSR count). The molecule has 0 saturated carbocycles. The predicted molar refractivity (Wildman–Crippen MR) is 127 cm³/mol. The average molecular weight is 445 g/mol. The fourth-order valence-electron chi connectivity index (χ4n) is 3.16. The van der Waals surface area contributed by atoms with E-state index in [4.69, 9.17) is 4.74 Å². The van der Waals surface area contributed by atoms with Crippen LogP contribution in [0.1, 0.15) is 38.1 Å². The Morgan fingerprint density at radius 3 is 2.55 bits per heavy atom. The second kappa shape index (κ2) is 12.1. The number of anilines is 1. The number of methoxy groups -OCH3 is 1. The van der Waals surface area contributed by atoms with Gasteiger partial charge in [-0.25, -0.2) is 5.43 Å². The first-order valence-electron chi connectivity index (χ1n) is 10.5. The molecule has 2 N–H and O–H groups in total. The van der Waals surface area contributed by atoms with Gasteiger partial charge in [0.25, 0.3) is 5.91 Å². The summed E-state index contributed by atoms with van der Waals surface area (Å²) in [5.41, 5.74) is 4.36. The van der Waals surface area contributed by atoms with Crippen LogP contribution in [0.3, 0.4) is 0 Å². The summed E-state index contributed by atoms with van der Waals surface area (Å²) in [7, 11) is 1.61. The highest BCUT2D eigenvalue weighted by Gasteiger charge is 2.24. The molecule has 0 aliphatic heterocycles. The van der Waals surface area contributed by atoms with Crippen molar-refractivity contribution in [1.29, 1.82) is 0 Å². The van der Waals surface area contributed by atoms with E-state index in [-0.39, 0.29) is 24.2 Å². The third-order valence-electron chi connectivity index (χ3n) is 4.90. The number of ether oxygens (including phenoxy) is 1. The van der Waals surface area contributed by atoms with Crippen LogP contribution < -0.4 is 20.4 Å². The molecule has 0 fully saturated rings. The van der Waals surface area contributed by atoms with Crippen molar-refractivity contribution in [2.75, 3.05) is 25.1 Å². The van der Waals surface area contributed by atoms with Crippen LogP contribution in [-0.4, -0.2) is 44.3 Å². The van der Waals surface area contributed by atoms with Gasteiger partial charge in [0.05, 0.1) is 19.7 Å². The molecule has 0 spiro atoms. The van der Waals surface area contributed by atoms with E-state index < -0.39 is 6.04 Å². The van der Waals surface area contributed by atoms with Crippen LogP contribution in [0.2, 0.25) is 0 Å². The van der Waals surface area contributed by atoms with Gasteiger partial charge in [0, 0.05) is 35.3 Å². The molecule has 31 heavy (non-hydrogen) atoms. The van der Waals surface area contributed by atoms with Crippen molar-refractivity contribution in [3.63, 3.8) is 0 Å². The third kappa shape index (κ3) is 7.10. The van der Waals surface area contributed by atoms with Crippen molar-refractivity contribution >= 4 is 35.1 Å². The van der Waals surface area contributed by atoms with Gasteiger partial charge in [-0.15, -0.1) is 11.3 Å². The van der Waals surface area contributed by atoms with Gasteiger partial charge in [-0.05, 0) is 43.3 Å². The van der Waals surface area contributed by atoms with Gasteiger partial charge < -0.3 is 15.0 Å². The Bertz CT molecular complexity index is 877. The first-order chi connectivity index (χ1) is 14.9. The molecule has 2 aromatic rings. The summed E-state index contributed by atoms with van der Waals surface area (Å²) in [5.74, 6) is 0.0517. The maximum absolute atomic E-state index is 12.6.